The van der Waals surface area contributed by atoms with Gasteiger partial charge in [0.05, 0.1) is 55.3 Å². The number of hydrogen-bond donors (Lipinski definition) is 12. The van der Waals surface area contributed by atoms with Crippen molar-refractivity contribution < 1.29 is 58.8 Å². The molecular formula is C39H79FN6O11. The minimum Gasteiger partial charge on any atom is -0.400 e. The van der Waals surface area contributed by atoms with Crippen molar-refractivity contribution in [1.82, 2.24) is 5.32 Å². The molecule has 0 spiro atoms. The standard InChI is InChI=1S/C13H27NO4.C10H15N.C6H14N2O3.C5H9FO2.C4H10N2O.CH4O/c1-3-4-5-11(6-9(2)15)18-13-12(14)7-10(16)8-17-13;1-11-9-5-8-10-6-3-2-4-7-10;7-2-5-4(9)1-3(8)6(10)11-5;6-3-4-1-2-5(7)8-4;5-3-1-2-4(6)7;1-2/h9-13,15-16H,3-8,14H2,1-2H3;2-4,6-7,11H,5,8-9H2,1H3;3-6,9-10H,1-2,7-8H2;4-5,7H,1-3H2;1-3,5H2,(H2,6,7);2H,1H3. The number of amides is 1. The summed E-state index contributed by atoms with van der Waals surface area (Å²) in [6.45, 7) is 5.53. The number of rotatable bonds is 16. The Kier molecular flexibility index (Phi) is 37.1. The van der Waals surface area contributed by atoms with Crippen molar-refractivity contribution in [1.29, 1.82) is 0 Å². The molecule has 11 atom stereocenters. The van der Waals surface area contributed by atoms with Gasteiger partial charge in [0.1, 0.15) is 6.67 Å². The number of nitrogens with one attached hydrogen (secondary N) is 1. The lowest BCUT2D eigenvalue weighted by Crippen LogP contribution is -2.53. The Morgan fingerprint density at radius 3 is 2.12 bits per heavy atom. The quantitative estimate of drug-likeness (QED) is 0.0946. The van der Waals surface area contributed by atoms with E-state index in [1.165, 1.54) is 18.4 Å². The van der Waals surface area contributed by atoms with E-state index in [1.54, 1.807) is 6.92 Å². The summed E-state index contributed by atoms with van der Waals surface area (Å²) in [5, 5.41) is 56.0. The van der Waals surface area contributed by atoms with Gasteiger partial charge in [0, 0.05) is 26.5 Å². The van der Waals surface area contributed by atoms with Gasteiger partial charge in [-0.15, -0.1) is 0 Å². The molecule has 3 saturated heterocycles. The van der Waals surface area contributed by atoms with Gasteiger partial charge >= 0.3 is 0 Å². The zero-order valence-corrected chi connectivity index (χ0v) is 34.7. The molecule has 17 N–H and O–H groups in total. The molecular weight excluding hydrogens is 747 g/mol. The van der Waals surface area contributed by atoms with E-state index in [0.717, 1.165) is 32.9 Å². The van der Waals surface area contributed by atoms with Crippen molar-refractivity contribution in [3.63, 3.8) is 0 Å². The Balaban J connectivity index is 0. The third-order valence-corrected chi connectivity index (χ3v) is 8.63. The van der Waals surface area contributed by atoms with Crippen LogP contribution in [-0.2, 0) is 30.2 Å². The summed E-state index contributed by atoms with van der Waals surface area (Å²) in [4.78, 5) is 9.92. The number of aryl methyl sites for hydroxylation is 1. The lowest BCUT2D eigenvalue weighted by atomic mass is 10.0. The van der Waals surface area contributed by atoms with Crippen LogP contribution in [0.25, 0.3) is 0 Å². The number of aliphatic hydroxyl groups excluding tert-OH is 6. The summed E-state index contributed by atoms with van der Waals surface area (Å²) >= 11 is 0. The fourth-order valence-electron chi connectivity index (χ4n) is 5.53. The normalized spacial score (nSPS) is 27.5. The number of halogens is 1. The highest BCUT2D eigenvalue weighted by Gasteiger charge is 2.33. The number of carbonyl (C=O) groups excluding carboxylic acids is 1. The van der Waals surface area contributed by atoms with Gasteiger partial charge in [0.2, 0.25) is 5.91 Å². The molecule has 1 aromatic rings. The summed E-state index contributed by atoms with van der Waals surface area (Å²) in [6, 6.07) is 9.79. The summed E-state index contributed by atoms with van der Waals surface area (Å²) < 4.78 is 32.5. The predicted octanol–water partition coefficient (Wildman–Crippen LogP) is -0.381. The van der Waals surface area contributed by atoms with Gasteiger partial charge < -0.3 is 83.6 Å². The topological polar surface area (TPSA) is 318 Å². The molecule has 0 saturated carbocycles. The molecule has 1 amide bonds. The number of aliphatic hydroxyl groups is 6. The van der Waals surface area contributed by atoms with Crippen molar-refractivity contribution in [3.05, 3.63) is 35.9 Å². The first-order chi connectivity index (χ1) is 27.2. The molecule has 0 radical (unpaired) electrons. The second-order valence-electron chi connectivity index (χ2n) is 14.0. The molecule has 0 bridgehead atoms. The number of benzene rings is 1. The van der Waals surface area contributed by atoms with Crippen LogP contribution in [0.15, 0.2) is 30.3 Å². The van der Waals surface area contributed by atoms with Crippen molar-refractivity contribution >= 4 is 5.91 Å². The Morgan fingerprint density at radius 2 is 1.67 bits per heavy atom. The first-order valence-electron chi connectivity index (χ1n) is 20.1. The number of hydrogen-bond acceptors (Lipinski definition) is 16. The zero-order valence-electron chi connectivity index (χ0n) is 34.7. The van der Waals surface area contributed by atoms with Gasteiger partial charge in [0.25, 0.3) is 0 Å². The second-order valence-corrected chi connectivity index (χ2v) is 14.0. The Morgan fingerprint density at radius 1 is 1.00 bits per heavy atom. The average molecular weight is 827 g/mol. The maximum absolute atomic E-state index is 11.6. The molecule has 0 aliphatic carbocycles. The first kappa shape index (κ1) is 57.1. The zero-order chi connectivity index (χ0) is 43.6. The third-order valence-electron chi connectivity index (χ3n) is 8.63. The van der Waals surface area contributed by atoms with Crippen LogP contribution in [-0.4, -0.2) is 151 Å². The number of alkyl halides is 1. The lowest BCUT2D eigenvalue weighted by Gasteiger charge is -2.34. The van der Waals surface area contributed by atoms with Crippen molar-refractivity contribution in [2.45, 2.75) is 158 Å². The van der Waals surface area contributed by atoms with Gasteiger partial charge in [-0.05, 0) is 84.0 Å². The highest BCUT2D eigenvalue weighted by atomic mass is 19.1. The molecule has 0 aromatic heterocycles. The fraction of sp³-hybridized carbons (Fsp3) is 0.821. The minimum absolute atomic E-state index is 0.0313. The fourth-order valence-corrected chi connectivity index (χ4v) is 5.53. The molecule has 3 aliphatic heterocycles. The molecule has 3 fully saturated rings. The number of ether oxygens (including phenoxy) is 4. The van der Waals surface area contributed by atoms with Gasteiger partial charge in [-0.3, -0.25) is 4.79 Å². The SMILES string of the molecule is CCCCC(CC(C)O)OC1OCC(O)CC1N.CNCCCc1ccccc1.CO.NCC1OC(O)C(N)CC1O.NCCCC(N)=O.OC1CCC(CF)O1. The van der Waals surface area contributed by atoms with Gasteiger partial charge in [-0.2, -0.15) is 0 Å². The number of carbonyl (C=O) groups is 1. The van der Waals surface area contributed by atoms with E-state index in [1.807, 2.05) is 7.05 Å². The molecule has 3 aliphatic rings. The van der Waals surface area contributed by atoms with Crippen molar-refractivity contribution in [2.24, 2.45) is 28.7 Å². The van der Waals surface area contributed by atoms with Crippen LogP contribution < -0.4 is 34.0 Å². The van der Waals surface area contributed by atoms with Crippen LogP contribution in [0.2, 0.25) is 0 Å². The van der Waals surface area contributed by atoms with Crippen LogP contribution in [0.4, 0.5) is 4.39 Å². The molecule has 1 aromatic carbocycles. The van der Waals surface area contributed by atoms with Gasteiger partial charge in [-0.25, -0.2) is 4.39 Å². The highest BCUT2D eigenvalue weighted by molar-refractivity contribution is 5.73. The van der Waals surface area contributed by atoms with E-state index >= 15 is 0 Å². The highest BCUT2D eigenvalue weighted by Crippen LogP contribution is 2.21. The Labute approximate surface area is 339 Å². The molecule has 18 heteroatoms. The number of unbranched alkanes of at least 4 members (excludes halogenated alkanes) is 1. The summed E-state index contributed by atoms with van der Waals surface area (Å²) in [7, 11) is 2.99. The molecule has 57 heavy (non-hydrogen) atoms. The molecule has 338 valence electrons. The predicted molar refractivity (Wildman–Crippen MR) is 218 cm³/mol. The van der Waals surface area contributed by atoms with Crippen LogP contribution >= 0.6 is 0 Å². The Hall–Kier alpha value is -1.98. The van der Waals surface area contributed by atoms with Crippen LogP contribution in [0.5, 0.6) is 0 Å². The maximum atomic E-state index is 11.6. The molecule has 17 nitrogen and oxygen atoms in total. The van der Waals surface area contributed by atoms with E-state index in [0.29, 0.717) is 51.5 Å². The smallest absolute Gasteiger partial charge is 0.217 e. The lowest BCUT2D eigenvalue weighted by molar-refractivity contribution is -0.220. The first-order valence-corrected chi connectivity index (χ1v) is 20.1. The van der Waals surface area contributed by atoms with Gasteiger partial charge in [-0.1, -0.05) is 50.1 Å². The number of primary amides is 1. The van der Waals surface area contributed by atoms with Crippen LogP contribution in [0, 0.1) is 0 Å². The summed E-state index contributed by atoms with van der Waals surface area (Å²) in [5.41, 5.74) is 27.9. The molecule has 11 unspecified atom stereocenters. The van der Waals surface area contributed by atoms with E-state index in [2.05, 4.69) is 42.6 Å². The molecule has 4 rings (SSSR count). The van der Waals surface area contributed by atoms with Crippen LogP contribution in [0.3, 0.4) is 0 Å². The Bertz CT molecular complexity index is 1050. The van der Waals surface area contributed by atoms with Crippen molar-refractivity contribution in [2.75, 3.05) is 47.1 Å². The molecule has 3 heterocycles. The second kappa shape index (κ2) is 37.1. The summed E-state index contributed by atoms with van der Waals surface area (Å²) in [5.74, 6) is -0.273. The van der Waals surface area contributed by atoms with Crippen molar-refractivity contribution in [3.8, 4) is 0 Å². The van der Waals surface area contributed by atoms with E-state index in [9.17, 15) is 24.5 Å². The third kappa shape index (κ3) is 30.7. The summed E-state index contributed by atoms with van der Waals surface area (Å²) in [6.07, 6.45) is 4.66. The van der Waals surface area contributed by atoms with Crippen LogP contribution in [0.1, 0.15) is 90.0 Å². The average Bonchev–Trinajstić information content (AvgIpc) is 3.63. The maximum Gasteiger partial charge on any atom is 0.217 e. The van der Waals surface area contributed by atoms with Gasteiger partial charge in [0.15, 0.2) is 18.9 Å². The minimum atomic E-state index is -0.994. The van der Waals surface area contributed by atoms with E-state index in [-0.39, 0.29) is 37.3 Å². The van der Waals surface area contributed by atoms with E-state index < -0.39 is 56.0 Å². The largest absolute Gasteiger partial charge is 0.400 e. The van der Waals surface area contributed by atoms with E-state index in [4.69, 9.17) is 62.9 Å². The monoisotopic (exact) mass is 827 g/mol. The number of nitrogens with two attached hydrogens (primary N) is 5.